The number of tetrazole rings is 1. The van der Waals surface area contributed by atoms with Crippen molar-refractivity contribution in [3.8, 4) is 22.9 Å². The van der Waals surface area contributed by atoms with Crippen LogP contribution < -0.4 is 9.47 Å². The second-order valence-electron chi connectivity index (χ2n) is 4.71. The Balaban J connectivity index is 1.91. The van der Waals surface area contributed by atoms with Crippen LogP contribution in [0.4, 0.5) is 0 Å². The van der Waals surface area contributed by atoms with Crippen molar-refractivity contribution in [3.63, 3.8) is 0 Å². The number of aromatic nitrogens is 4. The lowest BCUT2D eigenvalue weighted by atomic mass is 10.2. The van der Waals surface area contributed by atoms with Crippen molar-refractivity contribution in [1.29, 1.82) is 0 Å². The second-order valence-corrected chi connectivity index (χ2v) is 6.69. The van der Waals surface area contributed by atoms with Crippen LogP contribution in [0.25, 0.3) is 11.4 Å². The fraction of sp³-hybridized carbons (Fsp3) is 0.133. The summed E-state index contributed by atoms with van der Waals surface area (Å²) >= 11 is 14.5. The van der Waals surface area contributed by atoms with Crippen LogP contribution in [-0.4, -0.2) is 27.7 Å². The van der Waals surface area contributed by atoms with Crippen molar-refractivity contribution >= 4 is 45.8 Å². The summed E-state index contributed by atoms with van der Waals surface area (Å²) in [5.41, 5.74) is 1.49. The number of aromatic amines is 1. The maximum atomic E-state index is 6.18. The number of ether oxygens (including phenoxy) is 2. The summed E-state index contributed by atoms with van der Waals surface area (Å²) in [6, 6.07) is 9.01. The van der Waals surface area contributed by atoms with Gasteiger partial charge in [-0.25, -0.2) is 0 Å². The predicted molar refractivity (Wildman–Crippen MR) is 99.7 cm³/mol. The lowest BCUT2D eigenvalue weighted by Crippen LogP contribution is -2.01. The standard InChI is InChI=1S/C15H11Cl2IN4O2/c1-23-13-6-8(15-19-21-22-20-15)5-12(18)14(13)24-7-9-10(16)3-2-4-11(9)17/h2-6H,7H2,1H3,(H,19,20,21,22). The fourth-order valence-corrected chi connectivity index (χ4v) is 3.35. The average molecular weight is 477 g/mol. The largest absolute Gasteiger partial charge is 0.493 e. The Hall–Kier alpha value is -1.58. The van der Waals surface area contributed by atoms with Crippen LogP contribution in [0, 0.1) is 3.57 Å². The molecule has 3 rings (SSSR count). The molecule has 1 heterocycles. The van der Waals surface area contributed by atoms with Crippen molar-refractivity contribution in [2.45, 2.75) is 6.61 Å². The first-order valence-electron chi connectivity index (χ1n) is 6.77. The van der Waals surface area contributed by atoms with E-state index < -0.39 is 0 Å². The zero-order chi connectivity index (χ0) is 17.1. The summed E-state index contributed by atoms with van der Waals surface area (Å²) in [5.74, 6) is 1.64. The Morgan fingerprint density at radius 2 is 1.96 bits per heavy atom. The molecule has 0 saturated heterocycles. The van der Waals surface area contributed by atoms with Gasteiger partial charge in [-0.1, -0.05) is 29.3 Å². The minimum atomic E-state index is 0.229. The molecule has 0 radical (unpaired) electrons. The van der Waals surface area contributed by atoms with Gasteiger partial charge in [0.25, 0.3) is 0 Å². The number of nitrogens with one attached hydrogen (secondary N) is 1. The van der Waals surface area contributed by atoms with E-state index in [1.54, 1.807) is 31.4 Å². The van der Waals surface area contributed by atoms with Gasteiger partial charge in [-0.2, -0.15) is 5.21 Å². The van der Waals surface area contributed by atoms with Gasteiger partial charge in [-0.15, -0.1) is 10.2 Å². The van der Waals surface area contributed by atoms with Gasteiger partial charge >= 0.3 is 0 Å². The first-order chi connectivity index (χ1) is 11.6. The third kappa shape index (κ3) is 3.57. The molecule has 1 aromatic heterocycles. The molecule has 0 spiro atoms. The number of halogens is 3. The molecule has 3 aromatic rings. The molecule has 0 unspecified atom stereocenters. The highest BCUT2D eigenvalue weighted by Crippen LogP contribution is 2.37. The van der Waals surface area contributed by atoms with Gasteiger partial charge in [0.15, 0.2) is 11.5 Å². The van der Waals surface area contributed by atoms with E-state index in [4.69, 9.17) is 32.7 Å². The highest BCUT2D eigenvalue weighted by atomic mass is 127. The SMILES string of the molecule is COc1cc(-c2nn[nH]n2)cc(I)c1OCc1c(Cl)cccc1Cl. The zero-order valence-electron chi connectivity index (χ0n) is 12.4. The Bertz CT molecular complexity index is 839. The zero-order valence-corrected chi connectivity index (χ0v) is 16.1. The van der Waals surface area contributed by atoms with Crippen molar-refractivity contribution < 1.29 is 9.47 Å². The quantitative estimate of drug-likeness (QED) is 0.553. The molecule has 0 aliphatic carbocycles. The molecule has 0 fully saturated rings. The maximum absolute atomic E-state index is 6.18. The molecule has 0 amide bonds. The van der Waals surface area contributed by atoms with E-state index in [-0.39, 0.29) is 6.61 Å². The summed E-state index contributed by atoms with van der Waals surface area (Å²) < 4.78 is 12.2. The molecule has 24 heavy (non-hydrogen) atoms. The van der Waals surface area contributed by atoms with E-state index in [2.05, 4.69) is 43.2 Å². The van der Waals surface area contributed by atoms with E-state index >= 15 is 0 Å². The number of nitrogens with zero attached hydrogens (tertiary/aromatic N) is 3. The topological polar surface area (TPSA) is 72.9 Å². The minimum Gasteiger partial charge on any atom is -0.493 e. The van der Waals surface area contributed by atoms with E-state index in [9.17, 15) is 0 Å². The van der Waals surface area contributed by atoms with E-state index in [1.807, 2.05) is 6.07 Å². The number of hydrogen-bond donors (Lipinski definition) is 1. The molecule has 0 bridgehead atoms. The van der Waals surface area contributed by atoms with Crippen LogP contribution in [0.2, 0.25) is 10.0 Å². The third-order valence-electron chi connectivity index (χ3n) is 3.26. The maximum Gasteiger partial charge on any atom is 0.204 e. The Morgan fingerprint density at radius 1 is 1.21 bits per heavy atom. The van der Waals surface area contributed by atoms with Crippen molar-refractivity contribution in [3.05, 3.63) is 49.5 Å². The highest BCUT2D eigenvalue weighted by molar-refractivity contribution is 14.1. The van der Waals surface area contributed by atoms with Gasteiger partial charge in [0.05, 0.1) is 10.7 Å². The summed E-state index contributed by atoms with van der Waals surface area (Å²) in [4.78, 5) is 0. The molecule has 1 N–H and O–H groups in total. The van der Waals surface area contributed by atoms with Gasteiger partial charge in [-0.3, -0.25) is 0 Å². The second kappa shape index (κ2) is 7.54. The Labute approximate surface area is 161 Å². The van der Waals surface area contributed by atoms with Gasteiger partial charge in [-0.05, 0) is 52.1 Å². The summed E-state index contributed by atoms with van der Waals surface area (Å²) in [6.07, 6.45) is 0. The van der Waals surface area contributed by atoms with Crippen molar-refractivity contribution in [2.24, 2.45) is 0 Å². The fourth-order valence-electron chi connectivity index (χ4n) is 2.09. The van der Waals surface area contributed by atoms with Crippen LogP contribution in [-0.2, 0) is 6.61 Å². The van der Waals surface area contributed by atoms with Crippen LogP contribution >= 0.6 is 45.8 Å². The van der Waals surface area contributed by atoms with E-state index in [0.717, 1.165) is 14.7 Å². The molecule has 0 aliphatic heterocycles. The molecule has 0 aliphatic rings. The summed E-state index contributed by atoms with van der Waals surface area (Å²) in [7, 11) is 1.57. The first-order valence-corrected chi connectivity index (χ1v) is 8.60. The Morgan fingerprint density at radius 3 is 2.58 bits per heavy atom. The van der Waals surface area contributed by atoms with Gasteiger partial charge < -0.3 is 9.47 Å². The smallest absolute Gasteiger partial charge is 0.204 e. The Kier molecular flexibility index (Phi) is 5.42. The van der Waals surface area contributed by atoms with Gasteiger partial charge in [0.2, 0.25) is 5.82 Å². The minimum absolute atomic E-state index is 0.229. The predicted octanol–water partition coefficient (Wildman–Crippen LogP) is 4.37. The number of hydrogen-bond acceptors (Lipinski definition) is 5. The van der Waals surface area contributed by atoms with Crippen LogP contribution in [0.3, 0.4) is 0 Å². The lowest BCUT2D eigenvalue weighted by Gasteiger charge is -2.15. The lowest BCUT2D eigenvalue weighted by molar-refractivity contribution is 0.282. The molecule has 2 aromatic carbocycles. The molecule has 124 valence electrons. The van der Waals surface area contributed by atoms with E-state index in [0.29, 0.717) is 27.4 Å². The average Bonchev–Trinajstić information content (AvgIpc) is 3.09. The van der Waals surface area contributed by atoms with Crippen LogP contribution in [0.5, 0.6) is 11.5 Å². The molecular weight excluding hydrogens is 466 g/mol. The molecule has 6 nitrogen and oxygen atoms in total. The molecule has 0 atom stereocenters. The van der Waals surface area contributed by atoms with Crippen molar-refractivity contribution in [1.82, 2.24) is 20.6 Å². The number of methoxy groups -OCH3 is 1. The highest BCUT2D eigenvalue weighted by Gasteiger charge is 2.16. The normalized spacial score (nSPS) is 10.7. The van der Waals surface area contributed by atoms with Crippen LogP contribution in [0.15, 0.2) is 30.3 Å². The van der Waals surface area contributed by atoms with Crippen LogP contribution in [0.1, 0.15) is 5.56 Å². The van der Waals surface area contributed by atoms with Gasteiger partial charge in [0, 0.05) is 21.2 Å². The monoisotopic (exact) mass is 476 g/mol. The number of H-pyrrole nitrogens is 1. The molecule has 0 saturated carbocycles. The van der Waals surface area contributed by atoms with Crippen molar-refractivity contribution in [2.75, 3.05) is 7.11 Å². The number of rotatable bonds is 5. The first kappa shape index (κ1) is 17.2. The number of benzene rings is 2. The molecular formula is C15H11Cl2IN4O2. The van der Waals surface area contributed by atoms with E-state index in [1.165, 1.54) is 0 Å². The summed E-state index contributed by atoms with van der Waals surface area (Å²) in [6.45, 7) is 0.229. The summed E-state index contributed by atoms with van der Waals surface area (Å²) in [5, 5.41) is 15.0. The van der Waals surface area contributed by atoms with Gasteiger partial charge in [0.1, 0.15) is 6.61 Å². The third-order valence-corrected chi connectivity index (χ3v) is 4.77. The molecule has 9 heteroatoms.